The van der Waals surface area contributed by atoms with Gasteiger partial charge in [0.25, 0.3) is 0 Å². The first kappa shape index (κ1) is 50.9. The van der Waals surface area contributed by atoms with Crippen LogP contribution in [0.1, 0.15) is 63.6 Å². The molecule has 0 saturated heterocycles. The van der Waals surface area contributed by atoms with E-state index in [1.54, 1.807) is 100 Å². The number of hydrogen-bond donors (Lipinski definition) is 4. The van der Waals surface area contributed by atoms with Gasteiger partial charge in [0.05, 0.1) is 6.61 Å². The van der Waals surface area contributed by atoms with E-state index in [1.807, 2.05) is 18.2 Å². The molecule has 0 fully saturated rings. The molecular formula is C46H56N8O12. The fourth-order valence-electron chi connectivity index (χ4n) is 5.81. The molecule has 0 unspecified atom stereocenters. The minimum Gasteiger partial charge on any atom is -0.465 e. The summed E-state index contributed by atoms with van der Waals surface area (Å²) in [5.74, 6) is -1.75. The van der Waals surface area contributed by atoms with E-state index in [0.717, 1.165) is 26.2 Å². The third kappa shape index (κ3) is 20.2. The second-order valence-electron chi connectivity index (χ2n) is 15.4. The number of anilines is 1. The van der Waals surface area contributed by atoms with Gasteiger partial charge in [-0.2, -0.15) is 4.98 Å². The number of nitrogens with zero attached hydrogens (tertiary/aromatic N) is 4. The molecule has 4 N–H and O–H groups in total. The molecule has 0 saturated carbocycles. The van der Waals surface area contributed by atoms with Crippen molar-refractivity contribution in [3.63, 3.8) is 0 Å². The van der Waals surface area contributed by atoms with Crippen LogP contribution in [0.3, 0.4) is 0 Å². The van der Waals surface area contributed by atoms with Crippen molar-refractivity contribution in [3.8, 4) is 0 Å². The zero-order valence-corrected chi connectivity index (χ0v) is 37.4. The standard InChI is InChI=1S/C46H56N8O12/c1-5-62-39(56)29-54(38(55)28-53-26-24-37(49-41(53)57)50-42(58)63-30-33-17-9-6-10-18-33)27-36(48-45(61)66-46(2,3)4)23-15-16-25-47-40(51-43(59)64-31-34-19-11-7-12-20-34)52-44(60)65-32-35-21-13-8-14-22-35/h6-14,17-22,24,26,36H,5,15-16,23,25,27-32H2,1-4H3,(H,48,61)(H,49,50,57,58)(H2,47,51,52,59,60)/t36-/m0/s1. The minimum absolute atomic E-state index is 0.00995. The number of carbonyl (C=O) groups is 6. The highest BCUT2D eigenvalue weighted by atomic mass is 16.6. The van der Waals surface area contributed by atoms with E-state index in [4.69, 9.17) is 23.7 Å². The van der Waals surface area contributed by atoms with Crippen molar-refractivity contribution in [3.05, 3.63) is 130 Å². The Labute approximate surface area is 382 Å². The Morgan fingerprint density at radius 3 is 1.74 bits per heavy atom. The van der Waals surface area contributed by atoms with Gasteiger partial charge in [-0.05, 0) is 69.7 Å². The number of esters is 1. The van der Waals surface area contributed by atoms with E-state index in [2.05, 4.69) is 31.2 Å². The zero-order valence-electron chi connectivity index (χ0n) is 37.4. The van der Waals surface area contributed by atoms with Gasteiger partial charge in [-0.25, -0.2) is 24.0 Å². The average Bonchev–Trinajstić information content (AvgIpc) is 3.27. The number of guanidine groups is 1. The number of ether oxygens (including phenoxy) is 5. The molecule has 0 aliphatic heterocycles. The van der Waals surface area contributed by atoms with Gasteiger partial charge >= 0.3 is 36.0 Å². The van der Waals surface area contributed by atoms with Gasteiger partial charge in [-0.1, -0.05) is 91.0 Å². The summed E-state index contributed by atoms with van der Waals surface area (Å²) >= 11 is 0. The largest absolute Gasteiger partial charge is 0.465 e. The van der Waals surface area contributed by atoms with Gasteiger partial charge in [0.1, 0.15) is 44.3 Å². The van der Waals surface area contributed by atoms with Crippen LogP contribution in [-0.2, 0) is 59.6 Å². The number of benzene rings is 3. The van der Waals surface area contributed by atoms with Crippen molar-refractivity contribution < 1.29 is 52.5 Å². The fraction of sp³-hybridized carbons (Fsp3) is 0.370. The monoisotopic (exact) mass is 912 g/mol. The number of aliphatic imine (C=N–C) groups is 1. The summed E-state index contributed by atoms with van der Waals surface area (Å²) < 4.78 is 27.4. The van der Waals surface area contributed by atoms with E-state index in [1.165, 1.54) is 12.3 Å². The lowest BCUT2D eigenvalue weighted by atomic mass is 10.1. The highest BCUT2D eigenvalue weighted by Gasteiger charge is 2.26. The quantitative estimate of drug-likeness (QED) is 0.0275. The molecule has 0 spiro atoms. The second kappa shape index (κ2) is 26.8. The van der Waals surface area contributed by atoms with E-state index in [9.17, 15) is 33.6 Å². The number of rotatable bonds is 20. The minimum atomic E-state index is -0.876. The molecule has 0 aliphatic carbocycles. The SMILES string of the molecule is CCOC(=O)CN(C[C@H](CCCCN=C(NC(=O)OCc1ccccc1)NC(=O)OCc1ccccc1)NC(=O)OC(C)(C)C)C(=O)Cn1ccc(NC(=O)OCc2ccccc2)nc1=O. The lowest BCUT2D eigenvalue weighted by Gasteiger charge is -2.29. The third-order valence-electron chi connectivity index (χ3n) is 8.86. The fourth-order valence-corrected chi connectivity index (χ4v) is 5.81. The summed E-state index contributed by atoms with van der Waals surface area (Å²) in [6.45, 7) is 5.42. The molecule has 1 heterocycles. The lowest BCUT2D eigenvalue weighted by molar-refractivity contribution is -0.149. The molecule has 3 aromatic carbocycles. The first-order chi connectivity index (χ1) is 31.6. The van der Waals surface area contributed by atoms with Crippen LogP contribution in [-0.4, -0.2) is 94.5 Å². The number of nitrogens with one attached hydrogen (secondary N) is 4. The molecule has 4 aromatic rings. The summed E-state index contributed by atoms with van der Waals surface area (Å²) in [5.41, 5.74) is 0.503. The summed E-state index contributed by atoms with van der Waals surface area (Å²) in [6, 6.07) is 27.5. The summed E-state index contributed by atoms with van der Waals surface area (Å²) in [5, 5.41) is 10.0. The smallest absolute Gasteiger partial charge is 0.414 e. The normalized spacial score (nSPS) is 11.2. The molecule has 352 valence electrons. The summed E-state index contributed by atoms with van der Waals surface area (Å²) in [7, 11) is 0. The molecule has 0 radical (unpaired) electrons. The van der Waals surface area contributed by atoms with Crippen molar-refractivity contribution in [1.82, 2.24) is 30.4 Å². The first-order valence-corrected chi connectivity index (χ1v) is 21.1. The molecule has 66 heavy (non-hydrogen) atoms. The number of amides is 5. The predicted molar refractivity (Wildman–Crippen MR) is 241 cm³/mol. The Balaban J connectivity index is 1.42. The van der Waals surface area contributed by atoms with Crippen molar-refractivity contribution in [2.24, 2.45) is 4.99 Å². The number of unbranched alkanes of at least 4 members (excludes halogenated alkanes) is 1. The molecule has 4 rings (SSSR count). The molecule has 20 heteroatoms. The molecule has 20 nitrogen and oxygen atoms in total. The molecule has 0 bridgehead atoms. The third-order valence-corrected chi connectivity index (χ3v) is 8.86. The Morgan fingerprint density at radius 1 is 0.712 bits per heavy atom. The van der Waals surface area contributed by atoms with Crippen LogP contribution >= 0.6 is 0 Å². The van der Waals surface area contributed by atoms with Crippen molar-refractivity contribution in [2.75, 3.05) is 31.6 Å². The highest BCUT2D eigenvalue weighted by molar-refractivity contribution is 6.01. The van der Waals surface area contributed by atoms with E-state index in [0.29, 0.717) is 12.8 Å². The Hall–Kier alpha value is -7.77. The summed E-state index contributed by atoms with van der Waals surface area (Å²) in [4.78, 5) is 99.7. The van der Waals surface area contributed by atoms with Crippen LogP contribution in [0.2, 0.25) is 0 Å². The van der Waals surface area contributed by atoms with Gasteiger partial charge in [0.15, 0.2) is 0 Å². The molecule has 0 aliphatic rings. The van der Waals surface area contributed by atoms with Crippen LogP contribution < -0.4 is 27.0 Å². The number of alkyl carbamates (subject to hydrolysis) is 3. The van der Waals surface area contributed by atoms with Crippen LogP contribution in [0.5, 0.6) is 0 Å². The first-order valence-electron chi connectivity index (χ1n) is 21.1. The van der Waals surface area contributed by atoms with Crippen LogP contribution in [0.15, 0.2) is 113 Å². The number of aromatic nitrogens is 2. The zero-order chi connectivity index (χ0) is 47.7. The second-order valence-corrected chi connectivity index (χ2v) is 15.4. The lowest BCUT2D eigenvalue weighted by Crippen LogP contribution is -2.49. The highest BCUT2D eigenvalue weighted by Crippen LogP contribution is 2.11. The van der Waals surface area contributed by atoms with Gasteiger partial charge in [0, 0.05) is 25.3 Å². The van der Waals surface area contributed by atoms with Gasteiger partial charge < -0.3 is 33.9 Å². The topological polar surface area (TPSA) is 247 Å². The maximum absolute atomic E-state index is 13.8. The van der Waals surface area contributed by atoms with Gasteiger partial charge in [-0.15, -0.1) is 0 Å². The number of hydrogen-bond acceptors (Lipinski definition) is 14. The molecule has 1 atom stereocenters. The van der Waals surface area contributed by atoms with E-state index >= 15 is 0 Å². The van der Waals surface area contributed by atoms with Crippen LogP contribution in [0, 0.1) is 0 Å². The van der Waals surface area contributed by atoms with Gasteiger partial charge in [-0.3, -0.25) is 35.1 Å². The van der Waals surface area contributed by atoms with Gasteiger partial charge in [0.2, 0.25) is 11.9 Å². The Bertz CT molecular complexity index is 2230. The Morgan fingerprint density at radius 2 is 1.24 bits per heavy atom. The van der Waals surface area contributed by atoms with Crippen molar-refractivity contribution in [2.45, 2.75) is 85.0 Å². The van der Waals surface area contributed by atoms with E-state index in [-0.39, 0.29) is 57.7 Å². The number of carbonyl (C=O) groups excluding carboxylic acids is 6. The summed E-state index contributed by atoms with van der Waals surface area (Å²) in [6.07, 6.45) is -1.16. The van der Waals surface area contributed by atoms with Crippen molar-refractivity contribution in [1.29, 1.82) is 0 Å². The van der Waals surface area contributed by atoms with Crippen LogP contribution in [0.4, 0.5) is 25.0 Å². The molecule has 1 aromatic heterocycles. The maximum atomic E-state index is 13.8. The average molecular weight is 913 g/mol. The van der Waals surface area contributed by atoms with E-state index < -0.39 is 66.7 Å². The maximum Gasteiger partial charge on any atom is 0.414 e. The predicted octanol–water partition coefficient (Wildman–Crippen LogP) is 5.66. The molecule has 5 amide bonds. The molecular weight excluding hydrogens is 857 g/mol. The Kier molecular flexibility index (Phi) is 20.6. The van der Waals surface area contributed by atoms with Crippen LogP contribution in [0.25, 0.3) is 0 Å². The van der Waals surface area contributed by atoms with Crippen molar-refractivity contribution >= 4 is 48.0 Å².